The summed E-state index contributed by atoms with van der Waals surface area (Å²) >= 11 is 0. The molecule has 6 heteroatoms. The van der Waals surface area contributed by atoms with Gasteiger partial charge in [-0.3, -0.25) is 9.36 Å². The molecule has 0 spiro atoms. The topological polar surface area (TPSA) is 72.9 Å². The van der Waals surface area contributed by atoms with E-state index in [4.69, 9.17) is 5.11 Å². The molecule has 0 aliphatic rings. The summed E-state index contributed by atoms with van der Waals surface area (Å²) in [5.41, 5.74) is 3.16. The predicted molar refractivity (Wildman–Crippen MR) is 81.6 cm³/mol. The van der Waals surface area contributed by atoms with Gasteiger partial charge in [0, 0.05) is 24.5 Å². The summed E-state index contributed by atoms with van der Waals surface area (Å²) in [5, 5.41) is 17.7. The van der Waals surface area contributed by atoms with E-state index in [0.717, 1.165) is 23.4 Å². The monoisotopic (exact) mass is 296 g/mol. The number of carboxylic acids is 1. The first-order valence-electron chi connectivity index (χ1n) is 7.04. The van der Waals surface area contributed by atoms with E-state index in [-0.39, 0.29) is 5.56 Å². The van der Waals surface area contributed by atoms with Crippen LogP contribution in [0.4, 0.5) is 0 Å². The van der Waals surface area contributed by atoms with E-state index in [1.165, 1.54) is 0 Å². The molecule has 0 saturated carbocycles. The Morgan fingerprint density at radius 2 is 1.95 bits per heavy atom. The minimum atomic E-state index is -0.916. The maximum atomic E-state index is 10.8. The highest BCUT2D eigenvalue weighted by Gasteiger charge is 2.06. The summed E-state index contributed by atoms with van der Waals surface area (Å²) in [6, 6.07) is 8.77. The molecular formula is C16H16N4O2. The lowest BCUT2D eigenvalue weighted by Gasteiger charge is -2.02. The molecule has 0 unspecified atom stereocenters. The summed E-state index contributed by atoms with van der Waals surface area (Å²) in [5.74, 6) is -0.916. The molecule has 22 heavy (non-hydrogen) atoms. The molecular weight excluding hydrogens is 280 g/mol. The van der Waals surface area contributed by atoms with Crippen LogP contribution in [0, 0.1) is 0 Å². The normalized spacial score (nSPS) is 10.8. The lowest BCUT2D eigenvalue weighted by molar-refractivity contribution is 0.0697. The van der Waals surface area contributed by atoms with E-state index in [1.807, 2.05) is 34.7 Å². The van der Waals surface area contributed by atoms with Gasteiger partial charge in [0.15, 0.2) is 0 Å². The van der Waals surface area contributed by atoms with E-state index in [2.05, 4.69) is 10.2 Å². The molecule has 1 aromatic carbocycles. The maximum Gasteiger partial charge on any atom is 0.335 e. The van der Waals surface area contributed by atoms with Crippen LogP contribution in [0.3, 0.4) is 0 Å². The van der Waals surface area contributed by atoms with E-state index in [9.17, 15) is 4.79 Å². The van der Waals surface area contributed by atoms with Crippen molar-refractivity contribution < 1.29 is 9.90 Å². The molecule has 3 rings (SSSR count). The summed E-state index contributed by atoms with van der Waals surface area (Å²) in [6.45, 7) is 3.47. The van der Waals surface area contributed by atoms with Crippen molar-refractivity contribution in [2.75, 3.05) is 0 Å². The lowest BCUT2D eigenvalue weighted by Crippen LogP contribution is -2.01. The van der Waals surface area contributed by atoms with Crippen LogP contribution in [0.1, 0.15) is 22.8 Å². The second-order valence-corrected chi connectivity index (χ2v) is 4.99. The minimum absolute atomic E-state index is 0.289. The second-order valence-electron chi connectivity index (χ2n) is 4.99. The van der Waals surface area contributed by atoms with Crippen LogP contribution in [0.5, 0.6) is 0 Å². The van der Waals surface area contributed by atoms with Crippen molar-refractivity contribution in [2.24, 2.45) is 0 Å². The van der Waals surface area contributed by atoms with Crippen molar-refractivity contribution >= 4 is 5.97 Å². The molecule has 1 N–H and O–H groups in total. The zero-order valence-electron chi connectivity index (χ0n) is 12.2. The van der Waals surface area contributed by atoms with Crippen molar-refractivity contribution in [3.63, 3.8) is 0 Å². The number of aryl methyl sites for hydroxylation is 1. The van der Waals surface area contributed by atoms with E-state index in [0.29, 0.717) is 6.54 Å². The van der Waals surface area contributed by atoms with Crippen LogP contribution in [0.25, 0.3) is 11.3 Å². The molecule has 6 nitrogen and oxygen atoms in total. The zero-order chi connectivity index (χ0) is 15.5. The summed E-state index contributed by atoms with van der Waals surface area (Å²) in [6.07, 6.45) is 5.68. The highest BCUT2D eigenvalue weighted by Crippen LogP contribution is 2.16. The van der Waals surface area contributed by atoms with Gasteiger partial charge < -0.3 is 5.11 Å². The lowest BCUT2D eigenvalue weighted by atomic mass is 10.1. The van der Waals surface area contributed by atoms with Crippen LogP contribution in [0.15, 0.2) is 48.9 Å². The van der Waals surface area contributed by atoms with Gasteiger partial charge in [0.05, 0.1) is 24.0 Å². The number of rotatable bonds is 5. The van der Waals surface area contributed by atoms with Gasteiger partial charge in [0.2, 0.25) is 0 Å². The Balaban J connectivity index is 1.75. The standard InChI is InChI=1S/C16H16N4O2/c1-2-19-11-14(9-17-19)15-7-8-20(18-15)10-12-3-5-13(6-4-12)16(21)22/h3-9,11H,2,10H2,1H3,(H,21,22). The fraction of sp³-hybridized carbons (Fsp3) is 0.188. The van der Waals surface area contributed by atoms with Gasteiger partial charge in [0.1, 0.15) is 0 Å². The van der Waals surface area contributed by atoms with Crippen LogP contribution in [0.2, 0.25) is 0 Å². The molecule has 0 aliphatic heterocycles. The van der Waals surface area contributed by atoms with Crippen molar-refractivity contribution in [3.05, 3.63) is 60.0 Å². The van der Waals surface area contributed by atoms with E-state index >= 15 is 0 Å². The van der Waals surface area contributed by atoms with Crippen molar-refractivity contribution in [3.8, 4) is 11.3 Å². The number of hydrogen-bond acceptors (Lipinski definition) is 3. The first-order valence-corrected chi connectivity index (χ1v) is 7.04. The molecule has 2 heterocycles. The van der Waals surface area contributed by atoms with Crippen molar-refractivity contribution in [1.82, 2.24) is 19.6 Å². The largest absolute Gasteiger partial charge is 0.478 e. The predicted octanol–water partition coefficient (Wildman–Crippen LogP) is 2.51. The second kappa shape index (κ2) is 5.85. The highest BCUT2D eigenvalue weighted by atomic mass is 16.4. The van der Waals surface area contributed by atoms with Crippen LogP contribution < -0.4 is 0 Å². The summed E-state index contributed by atoms with van der Waals surface area (Å²) in [4.78, 5) is 10.8. The molecule has 0 atom stereocenters. The van der Waals surface area contributed by atoms with Crippen LogP contribution >= 0.6 is 0 Å². The SMILES string of the molecule is CCn1cc(-c2ccn(Cc3ccc(C(=O)O)cc3)n2)cn1. The van der Waals surface area contributed by atoms with Crippen molar-refractivity contribution in [1.29, 1.82) is 0 Å². The molecule has 0 aliphatic carbocycles. The maximum absolute atomic E-state index is 10.8. The molecule has 0 fully saturated rings. The zero-order valence-corrected chi connectivity index (χ0v) is 12.2. The Hall–Kier alpha value is -2.89. The Labute approximate surface area is 127 Å². The molecule has 2 aromatic heterocycles. The molecule has 0 radical (unpaired) electrons. The fourth-order valence-corrected chi connectivity index (χ4v) is 2.21. The Morgan fingerprint density at radius 1 is 1.18 bits per heavy atom. The van der Waals surface area contributed by atoms with Crippen LogP contribution in [-0.4, -0.2) is 30.6 Å². The minimum Gasteiger partial charge on any atom is -0.478 e. The summed E-state index contributed by atoms with van der Waals surface area (Å²) < 4.78 is 3.69. The van der Waals surface area contributed by atoms with E-state index in [1.54, 1.807) is 30.5 Å². The van der Waals surface area contributed by atoms with E-state index < -0.39 is 5.97 Å². The van der Waals surface area contributed by atoms with Gasteiger partial charge >= 0.3 is 5.97 Å². The van der Waals surface area contributed by atoms with Crippen molar-refractivity contribution in [2.45, 2.75) is 20.0 Å². The number of benzene rings is 1. The Kier molecular flexibility index (Phi) is 3.74. The number of carbonyl (C=O) groups is 1. The third-order valence-corrected chi connectivity index (χ3v) is 3.44. The fourth-order valence-electron chi connectivity index (χ4n) is 2.21. The van der Waals surface area contributed by atoms with Gasteiger partial charge in [-0.2, -0.15) is 10.2 Å². The average molecular weight is 296 g/mol. The van der Waals surface area contributed by atoms with Gasteiger partial charge in [-0.15, -0.1) is 0 Å². The first-order chi connectivity index (χ1) is 10.7. The third kappa shape index (κ3) is 2.90. The third-order valence-electron chi connectivity index (χ3n) is 3.44. The Morgan fingerprint density at radius 3 is 2.59 bits per heavy atom. The first kappa shape index (κ1) is 14.1. The van der Waals surface area contributed by atoms with Gasteiger partial charge in [-0.25, -0.2) is 4.79 Å². The number of hydrogen-bond donors (Lipinski definition) is 1. The molecule has 0 bridgehead atoms. The number of aromatic carboxylic acids is 1. The molecule has 0 saturated heterocycles. The smallest absolute Gasteiger partial charge is 0.335 e. The quantitative estimate of drug-likeness (QED) is 0.785. The molecule has 3 aromatic rings. The Bertz CT molecular complexity index is 787. The number of nitrogens with zero attached hydrogens (tertiary/aromatic N) is 4. The van der Waals surface area contributed by atoms with Gasteiger partial charge in [-0.1, -0.05) is 12.1 Å². The molecule has 0 amide bonds. The average Bonchev–Trinajstić information content (AvgIpc) is 3.16. The molecule has 112 valence electrons. The van der Waals surface area contributed by atoms with Gasteiger partial charge in [0.25, 0.3) is 0 Å². The number of carboxylic acid groups (broad SMARTS) is 1. The van der Waals surface area contributed by atoms with Gasteiger partial charge in [-0.05, 0) is 30.7 Å². The summed E-state index contributed by atoms with van der Waals surface area (Å²) in [7, 11) is 0. The highest BCUT2D eigenvalue weighted by molar-refractivity contribution is 5.87. The van der Waals surface area contributed by atoms with Crippen LogP contribution in [-0.2, 0) is 13.1 Å². The number of aromatic nitrogens is 4.